The number of rotatable bonds is 5. The second kappa shape index (κ2) is 6.33. The van der Waals surface area contributed by atoms with Gasteiger partial charge in [0, 0.05) is 16.8 Å². The second-order valence-corrected chi connectivity index (χ2v) is 5.57. The zero-order valence-electron chi connectivity index (χ0n) is 10.7. The minimum Gasteiger partial charge on any atom is -0.309 e. The fraction of sp³-hybridized carbons (Fsp3) is 0.357. The van der Waals surface area contributed by atoms with E-state index in [-0.39, 0.29) is 0 Å². The number of aryl methyl sites for hydroxylation is 1. The van der Waals surface area contributed by atoms with Crippen LogP contribution in [-0.2, 0) is 13.5 Å². The van der Waals surface area contributed by atoms with Gasteiger partial charge in [-0.25, -0.2) is 0 Å². The lowest BCUT2D eigenvalue weighted by molar-refractivity contribution is 0.508. The van der Waals surface area contributed by atoms with Crippen molar-refractivity contribution in [2.45, 2.75) is 19.4 Å². The number of nitrogens with zero attached hydrogens (tertiary/aromatic N) is 2. The summed E-state index contributed by atoms with van der Waals surface area (Å²) >= 11 is 2.33. The third kappa shape index (κ3) is 3.32. The van der Waals surface area contributed by atoms with Crippen molar-refractivity contribution in [3.05, 3.63) is 51.4 Å². The topological polar surface area (TPSA) is 29.9 Å². The van der Waals surface area contributed by atoms with Gasteiger partial charge in [-0.2, -0.15) is 5.10 Å². The minimum absolute atomic E-state index is 0.322. The summed E-state index contributed by atoms with van der Waals surface area (Å²) in [6.07, 6.45) is 2.85. The van der Waals surface area contributed by atoms with E-state index in [4.69, 9.17) is 0 Å². The van der Waals surface area contributed by atoms with Crippen molar-refractivity contribution >= 4 is 22.6 Å². The summed E-state index contributed by atoms with van der Waals surface area (Å²) in [4.78, 5) is 0. The van der Waals surface area contributed by atoms with Crippen LogP contribution in [0.1, 0.15) is 24.2 Å². The maximum Gasteiger partial charge on any atom is 0.0553 e. The van der Waals surface area contributed by atoms with Gasteiger partial charge < -0.3 is 5.32 Å². The first-order valence-corrected chi connectivity index (χ1v) is 7.24. The van der Waals surface area contributed by atoms with E-state index in [1.54, 1.807) is 0 Å². The van der Waals surface area contributed by atoms with Crippen molar-refractivity contribution in [3.63, 3.8) is 0 Å². The first-order chi connectivity index (χ1) is 8.70. The van der Waals surface area contributed by atoms with E-state index >= 15 is 0 Å². The SMILES string of the molecule is CCNC(Cc1ccc(I)cc1)c1ccnn1C. The normalized spacial score (nSPS) is 12.6. The Morgan fingerprint density at radius 3 is 2.56 bits per heavy atom. The zero-order valence-corrected chi connectivity index (χ0v) is 12.9. The lowest BCUT2D eigenvalue weighted by Gasteiger charge is -2.18. The molecule has 0 aliphatic carbocycles. The van der Waals surface area contributed by atoms with Crippen LogP contribution in [-0.4, -0.2) is 16.3 Å². The molecule has 18 heavy (non-hydrogen) atoms. The molecule has 1 unspecified atom stereocenters. The van der Waals surface area contributed by atoms with E-state index in [2.05, 4.69) is 70.3 Å². The van der Waals surface area contributed by atoms with Gasteiger partial charge in [-0.3, -0.25) is 4.68 Å². The van der Waals surface area contributed by atoms with E-state index in [0.717, 1.165) is 13.0 Å². The first-order valence-electron chi connectivity index (χ1n) is 6.16. The number of benzene rings is 1. The van der Waals surface area contributed by atoms with Gasteiger partial charge in [-0.1, -0.05) is 19.1 Å². The highest BCUT2D eigenvalue weighted by Crippen LogP contribution is 2.18. The van der Waals surface area contributed by atoms with Crippen LogP contribution < -0.4 is 5.32 Å². The second-order valence-electron chi connectivity index (χ2n) is 4.32. The number of aromatic nitrogens is 2. The van der Waals surface area contributed by atoms with Gasteiger partial charge in [0.05, 0.1) is 11.7 Å². The molecule has 1 aromatic carbocycles. The largest absolute Gasteiger partial charge is 0.309 e. The highest BCUT2D eigenvalue weighted by molar-refractivity contribution is 14.1. The number of nitrogens with one attached hydrogen (secondary N) is 1. The van der Waals surface area contributed by atoms with Gasteiger partial charge in [-0.05, 0) is 59.3 Å². The molecule has 1 aromatic heterocycles. The summed E-state index contributed by atoms with van der Waals surface area (Å²) in [6, 6.07) is 11.1. The Kier molecular flexibility index (Phi) is 4.77. The van der Waals surface area contributed by atoms with Gasteiger partial charge in [0.15, 0.2) is 0 Å². The summed E-state index contributed by atoms with van der Waals surface area (Å²) in [6.45, 7) is 3.09. The Morgan fingerprint density at radius 1 is 1.28 bits per heavy atom. The maximum atomic E-state index is 4.25. The Labute approximate surface area is 122 Å². The lowest BCUT2D eigenvalue weighted by atomic mass is 10.0. The fourth-order valence-corrected chi connectivity index (χ4v) is 2.47. The smallest absolute Gasteiger partial charge is 0.0553 e. The van der Waals surface area contributed by atoms with Crippen LogP contribution in [0.25, 0.3) is 0 Å². The molecule has 0 spiro atoms. The molecule has 0 amide bonds. The average Bonchev–Trinajstić information content (AvgIpc) is 2.78. The van der Waals surface area contributed by atoms with E-state index < -0.39 is 0 Å². The van der Waals surface area contributed by atoms with Crippen LogP contribution in [0.5, 0.6) is 0 Å². The molecular weight excluding hydrogens is 337 g/mol. The van der Waals surface area contributed by atoms with Crippen molar-refractivity contribution in [1.29, 1.82) is 0 Å². The minimum atomic E-state index is 0.322. The number of halogens is 1. The van der Waals surface area contributed by atoms with Crippen LogP contribution in [0.15, 0.2) is 36.5 Å². The predicted octanol–water partition coefficient (Wildman–Crippen LogP) is 2.92. The van der Waals surface area contributed by atoms with Crippen molar-refractivity contribution < 1.29 is 0 Å². The third-order valence-electron chi connectivity index (χ3n) is 3.02. The molecule has 1 heterocycles. The molecule has 0 aliphatic heterocycles. The number of hydrogen-bond donors (Lipinski definition) is 1. The molecule has 0 saturated heterocycles. The molecule has 0 bridgehead atoms. The van der Waals surface area contributed by atoms with Crippen molar-refractivity contribution in [2.75, 3.05) is 6.54 Å². The van der Waals surface area contributed by atoms with Gasteiger partial charge in [0.1, 0.15) is 0 Å². The molecule has 3 nitrogen and oxygen atoms in total. The van der Waals surface area contributed by atoms with Gasteiger partial charge >= 0.3 is 0 Å². The zero-order chi connectivity index (χ0) is 13.0. The Bertz CT molecular complexity index is 490. The molecule has 2 rings (SSSR count). The van der Waals surface area contributed by atoms with Crippen LogP contribution in [0, 0.1) is 3.57 Å². The molecule has 0 aliphatic rings. The highest BCUT2D eigenvalue weighted by atomic mass is 127. The fourth-order valence-electron chi connectivity index (χ4n) is 2.11. The van der Waals surface area contributed by atoms with Crippen LogP contribution in [0.2, 0.25) is 0 Å². The summed E-state index contributed by atoms with van der Waals surface area (Å²) in [5.41, 5.74) is 2.58. The van der Waals surface area contributed by atoms with E-state index in [0.29, 0.717) is 6.04 Å². The Hall–Kier alpha value is -0.880. The van der Waals surface area contributed by atoms with Crippen LogP contribution in [0.3, 0.4) is 0 Å². The van der Waals surface area contributed by atoms with Crippen molar-refractivity contribution in [1.82, 2.24) is 15.1 Å². The molecule has 2 aromatic rings. The summed E-state index contributed by atoms with van der Waals surface area (Å²) in [5.74, 6) is 0. The molecule has 0 fully saturated rings. The Balaban J connectivity index is 2.16. The van der Waals surface area contributed by atoms with Crippen LogP contribution in [0.4, 0.5) is 0 Å². The molecule has 0 radical (unpaired) electrons. The third-order valence-corrected chi connectivity index (χ3v) is 3.74. The molecule has 0 saturated carbocycles. The summed E-state index contributed by atoms with van der Waals surface area (Å²) in [5, 5.41) is 7.78. The van der Waals surface area contributed by atoms with E-state index in [9.17, 15) is 0 Å². The van der Waals surface area contributed by atoms with Crippen molar-refractivity contribution in [3.8, 4) is 0 Å². The standard InChI is InChI=1S/C14H18IN3/c1-3-16-13(14-8-9-17-18(14)2)10-11-4-6-12(15)7-5-11/h4-9,13,16H,3,10H2,1-2H3. The molecule has 96 valence electrons. The maximum absolute atomic E-state index is 4.25. The summed E-state index contributed by atoms with van der Waals surface area (Å²) < 4.78 is 3.22. The molecule has 4 heteroatoms. The number of likely N-dealkylation sites (N-methyl/N-ethyl adjacent to an activating group) is 1. The van der Waals surface area contributed by atoms with Gasteiger partial charge in [-0.15, -0.1) is 0 Å². The van der Waals surface area contributed by atoms with E-state index in [1.165, 1.54) is 14.8 Å². The molecular formula is C14H18IN3. The van der Waals surface area contributed by atoms with Crippen LogP contribution >= 0.6 is 22.6 Å². The monoisotopic (exact) mass is 355 g/mol. The quantitative estimate of drug-likeness (QED) is 0.836. The van der Waals surface area contributed by atoms with E-state index in [1.807, 2.05) is 17.9 Å². The molecule has 1 atom stereocenters. The summed E-state index contributed by atoms with van der Waals surface area (Å²) in [7, 11) is 1.99. The van der Waals surface area contributed by atoms with Crippen molar-refractivity contribution in [2.24, 2.45) is 7.05 Å². The number of hydrogen-bond acceptors (Lipinski definition) is 2. The first kappa shape index (κ1) is 13.5. The predicted molar refractivity (Wildman–Crippen MR) is 82.5 cm³/mol. The highest BCUT2D eigenvalue weighted by Gasteiger charge is 2.14. The average molecular weight is 355 g/mol. The lowest BCUT2D eigenvalue weighted by Crippen LogP contribution is -2.25. The Morgan fingerprint density at radius 2 is 2.00 bits per heavy atom. The van der Waals surface area contributed by atoms with Gasteiger partial charge in [0.2, 0.25) is 0 Å². The van der Waals surface area contributed by atoms with Gasteiger partial charge in [0.25, 0.3) is 0 Å². The molecule has 1 N–H and O–H groups in total.